The molecule has 0 spiro atoms. The molecule has 1 aliphatic carbocycles. The first-order chi connectivity index (χ1) is 10.2. The number of nitrogens with one attached hydrogen (secondary N) is 1. The number of carbonyl (C=O) groups excluding carboxylic acids is 2. The van der Waals surface area contributed by atoms with Crippen molar-refractivity contribution in [1.29, 1.82) is 0 Å². The number of nitrogens with zero attached hydrogens (tertiary/aromatic N) is 2. The summed E-state index contributed by atoms with van der Waals surface area (Å²) in [6.07, 6.45) is 7.46. The molecule has 6 heteroatoms. The fourth-order valence-corrected chi connectivity index (χ4v) is 3.19. The quantitative estimate of drug-likeness (QED) is 0.867. The first kappa shape index (κ1) is 15.9. The Balaban J connectivity index is 1.62. The molecule has 0 aromatic carbocycles. The molecule has 6 nitrogen and oxygen atoms in total. The molecule has 1 N–H and O–H groups in total. The van der Waals surface area contributed by atoms with Gasteiger partial charge in [0, 0.05) is 32.7 Å². The van der Waals surface area contributed by atoms with E-state index in [1.807, 2.05) is 0 Å². The molecule has 2 fully saturated rings. The standard InChI is InChI=1S/C15H27N3O3/c1-21-15(20)18-11-9-17(10-12-18)14(19)16-8-7-13-5-3-2-4-6-13/h13H,2-12H2,1H3,(H,16,19). The van der Waals surface area contributed by atoms with Gasteiger partial charge < -0.3 is 19.9 Å². The Morgan fingerprint density at radius 3 is 2.29 bits per heavy atom. The summed E-state index contributed by atoms with van der Waals surface area (Å²) in [6.45, 7) is 3.00. The molecular weight excluding hydrogens is 270 g/mol. The van der Waals surface area contributed by atoms with Crippen molar-refractivity contribution in [2.75, 3.05) is 39.8 Å². The van der Waals surface area contributed by atoms with Crippen molar-refractivity contribution in [3.8, 4) is 0 Å². The van der Waals surface area contributed by atoms with Crippen molar-refractivity contribution >= 4 is 12.1 Å². The third-order valence-corrected chi connectivity index (χ3v) is 4.55. The number of piperazine rings is 1. The van der Waals surface area contributed by atoms with Crippen LogP contribution in [0.3, 0.4) is 0 Å². The summed E-state index contributed by atoms with van der Waals surface area (Å²) in [5, 5.41) is 3.01. The van der Waals surface area contributed by atoms with Crippen LogP contribution in [0.4, 0.5) is 9.59 Å². The van der Waals surface area contributed by atoms with Crippen LogP contribution in [0.2, 0.25) is 0 Å². The van der Waals surface area contributed by atoms with Crippen LogP contribution < -0.4 is 5.32 Å². The van der Waals surface area contributed by atoms with Gasteiger partial charge >= 0.3 is 12.1 Å². The van der Waals surface area contributed by atoms with Gasteiger partial charge in [0.2, 0.25) is 0 Å². The summed E-state index contributed by atoms with van der Waals surface area (Å²) in [4.78, 5) is 26.8. The molecule has 0 atom stereocenters. The van der Waals surface area contributed by atoms with E-state index in [0.29, 0.717) is 26.2 Å². The van der Waals surface area contributed by atoms with Gasteiger partial charge in [0.05, 0.1) is 7.11 Å². The summed E-state index contributed by atoms with van der Waals surface area (Å²) in [7, 11) is 1.38. The Bertz CT molecular complexity index is 348. The van der Waals surface area contributed by atoms with Gasteiger partial charge in [-0.2, -0.15) is 0 Å². The lowest BCUT2D eigenvalue weighted by Crippen LogP contribution is -2.53. The predicted molar refractivity (Wildman–Crippen MR) is 80.1 cm³/mol. The molecule has 0 aromatic heterocycles. The van der Waals surface area contributed by atoms with Gasteiger partial charge in [-0.25, -0.2) is 9.59 Å². The molecule has 0 bridgehead atoms. The fraction of sp³-hybridized carbons (Fsp3) is 0.867. The lowest BCUT2D eigenvalue weighted by Gasteiger charge is -2.34. The number of methoxy groups -OCH3 is 1. The lowest BCUT2D eigenvalue weighted by atomic mass is 9.87. The highest BCUT2D eigenvalue weighted by atomic mass is 16.5. The SMILES string of the molecule is COC(=O)N1CCN(C(=O)NCCC2CCCCC2)CC1. The van der Waals surface area contributed by atoms with E-state index in [-0.39, 0.29) is 12.1 Å². The average Bonchev–Trinajstić information content (AvgIpc) is 2.55. The van der Waals surface area contributed by atoms with Gasteiger partial charge in [-0.05, 0) is 12.3 Å². The van der Waals surface area contributed by atoms with Crippen molar-refractivity contribution in [1.82, 2.24) is 15.1 Å². The monoisotopic (exact) mass is 297 g/mol. The van der Waals surface area contributed by atoms with Crippen molar-refractivity contribution < 1.29 is 14.3 Å². The van der Waals surface area contributed by atoms with E-state index >= 15 is 0 Å². The summed E-state index contributed by atoms with van der Waals surface area (Å²) >= 11 is 0. The molecule has 120 valence electrons. The molecule has 1 saturated heterocycles. The molecule has 21 heavy (non-hydrogen) atoms. The number of urea groups is 1. The van der Waals surface area contributed by atoms with E-state index in [2.05, 4.69) is 10.1 Å². The Morgan fingerprint density at radius 2 is 1.67 bits per heavy atom. The second-order valence-electron chi connectivity index (χ2n) is 5.97. The molecule has 2 aliphatic rings. The Morgan fingerprint density at radius 1 is 1.05 bits per heavy atom. The average molecular weight is 297 g/mol. The number of carbonyl (C=O) groups is 2. The molecule has 3 amide bonds. The van der Waals surface area contributed by atoms with Crippen LogP contribution >= 0.6 is 0 Å². The van der Waals surface area contributed by atoms with Crippen LogP contribution in [0.1, 0.15) is 38.5 Å². The zero-order valence-corrected chi connectivity index (χ0v) is 13.0. The summed E-state index contributed by atoms with van der Waals surface area (Å²) in [6, 6.07) is -0.00433. The highest BCUT2D eigenvalue weighted by molar-refractivity contribution is 5.74. The highest BCUT2D eigenvalue weighted by Gasteiger charge is 2.24. The molecular formula is C15H27N3O3. The molecule has 1 aliphatic heterocycles. The topological polar surface area (TPSA) is 61.9 Å². The van der Waals surface area contributed by atoms with E-state index in [1.165, 1.54) is 39.2 Å². The van der Waals surface area contributed by atoms with Crippen LogP contribution in [0.25, 0.3) is 0 Å². The number of amides is 3. The number of rotatable bonds is 3. The van der Waals surface area contributed by atoms with Gasteiger partial charge in [0.25, 0.3) is 0 Å². The van der Waals surface area contributed by atoms with Gasteiger partial charge in [-0.1, -0.05) is 32.1 Å². The minimum absolute atomic E-state index is 0.00433. The largest absolute Gasteiger partial charge is 0.453 e. The third-order valence-electron chi connectivity index (χ3n) is 4.55. The number of hydrogen-bond acceptors (Lipinski definition) is 3. The smallest absolute Gasteiger partial charge is 0.409 e. The number of ether oxygens (including phenoxy) is 1. The summed E-state index contributed by atoms with van der Waals surface area (Å²) < 4.78 is 4.69. The fourth-order valence-electron chi connectivity index (χ4n) is 3.19. The Kier molecular flexibility index (Phi) is 6.14. The van der Waals surface area contributed by atoms with Gasteiger partial charge in [0.1, 0.15) is 0 Å². The van der Waals surface area contributed by atoms with Crippen molar-refractivity contribution in [3.63, 3.8) is 0 Å². The Hall–Kier alpha value is -1.46. The first-order valence-electron chi connectivity index (χ1n) is 8.06. The second-order valence-corrected chi connectivity index (χ2v) is 5.97. The number of hydrogen-bond donors (Lipinski definition) is 1. The first-order valence-corrected chi connectivity index (χ1v) is 8.06. The van der Waals surface area contributed by atoms with Crippen LogP contribution in [-0.2, 0) is 4.74 Å². The van der Waals surface area contributed by atoms with Crippen molar-refractivity contribution in [2.45, 2.75) is 38.5 Å². The summed E-state index contributed by atoms with van der Waals surface area (Å²) in [5.41, 5.74) is 0. The van der Waals surface area contributed by atoms with E-state index in [1.54, 1.807) is 9.80 Å². The molecule has 2 rings (SSSR count). The van der Waals surface area contributed by atoms with Gasteiger partial charge in [0.15, 0.2) is 0 Å². The second kappa shape index (κ2) is 8.10. The van der Waals surface area contributed by atoms with Crippen LogP contribution in [0.5, 0.6) is 0 Å². The predicted octanol–water partition coefficient (Wildman–Crippen LogP) is 2.05. The summed E-state index contributed by atoms with van der Waals surface area (Å²) in [5.74, 6) is 0.787. The minimum atomic E-state index is -0.313. The van der Waals surface area contributed by atoms with Crippen molar-refractivity contribution in [2.24, 2.45) is 5.92 Å². The third kappa shape index (κ3) is 4.79. The van der Waals surface area contributed by atoms with E-state index < -0.39 is 0 Å². The minimum Gasteiger partial charge on any atom is -0.453 e. The highest BCUT2D eigenvalue weighted by Crippen LogP contribution is 2.25. The zero-order chi connectivity index (χ0) is 15.1. The van der Waals surface area contributed by atoms with E-state index in [9.17, 15) is 9.59 Å². The van der Waals surface area contributed by atoms with Gasteiger partial charge in [-0.3, -0.25) is 0 Å². The van der Waals surface area contributed by atoms with Gasteiger partial charge in [-0.15, -0.1) is 0 Å². The van der Waals surface area contributed by atoms with Crippen LogP contribution in [0, 0.1) is 5.92 Å². The van der Waals surface area contributed by atoms with Crippen LogP contribution in [-0.4, -0.2) is 61.8 Å². The normalized spacial score (nSPS) is 20.2. The van der Waals surface area contributed by atoms with E-state index in [4.69, 9.17) is 0 Å². The van der Waals surface area contributed by atoms with Crippen molar-refractivity contribution in [3.05, 3.63) is 0 Å². The van der Waals surface area contributed by atoms with E-state index in [0.717, 1.165) is 18.9 Å². The molecule has 0 radical (unpaired) electrons. The van der Waals surface area contributed by atoms with Crippen LogP contribution in [0.15, 0.2) is 0 Å². The Labute approximate surface area is 126 Å². The molecule has 1 heterocycles. The maximum absolute atomic E-state index is 12.1. The zero-order valence-electron chi connectivity index (χ0n) is 13.0. The maximum atomic E-state index is 12.1. The molecule has 0 unspecified atom stereocenters. The molecule has 1 saturated carbocycles. The molecule has 0 aromatic rings. The lowest BCUT2D eigenvalue weighted by molar-refractivity contribution is 0.0970. The maximum Gasteiger partial charge on any atom is 0.409 e.